The van der Waals surface area contributed by atoms with Crippen LogP contribution in [-0.2, 0) is 16.1 Å². The van der Waals surface area contributed by atoms with Gasteiger partial charge in [0.1, 0.15) is 0 Å². The van der Waals surface area contributed by atoms with Crippen LogP contribution in [0.2, 0.25) is 0 Å². The van der Waals surface area contributed by atoms with Gasteiger partial charge in [-0.15, -0.1) is 0 Å². The molecule has 0 heterocycles. The van der Waals surface area contributed by atoms with E-state index in [0.717, 1.165) is 11.1 Å². The number of hydrogen-bond acceptors (Lipinski definition) is 2. The van der Waals surface area contributed by atoms with Crippen molar-refractivity contribution in [2.75, 3.05) is 0 Å². The van der Waals surface area contributed by atoms with Gasteiger partial charge in [-0.1, -0.05) is 60.7 Å². The number of amides is 2. The Morgan fingerprint density at radius 3 is 2.10 bits per heavy atom. The van der Waals surface area contributed by atoms with Crippen LogP contribution in [0.5, 0.6) is 0 Å². The first-order valence-electron chi connectivity index (χ1n) is 6.84. The Labute approximate surface area is 124 Å². The van der Waals surface area contributed by atoms with Gasteiger partial charge in [-0.05, 0) is 18.1 Å². The Morgan fingerprint density at radius 2 is 1.48 bits per heavy atom. The molecular formula is C17H18N2O2. The molecule has 4 heteroatoms. The van der Waals surface area contributed by atoms with Crippen LogP contribution in [0.15, 0.2) is 60.7 Å². The van der Waals surface area contributed by atoms with E-state index in [4.69, 9.17) is 0 Å². The molecule has 2 aromatic rings. The van der Waals surface area contributed by atoms with Gasteiger partial charge < -0.3 is 10.6 Å². The first-order chi connectivity index (χ1) is 10.2. The zero-order valence-electron chi connectivity index (χ0n) is 11.9. The summed E-state index contributed by atoms with van der Waals surface area (Å²) in [5.74, 6) is -1.25. The molecule has 2 N–H and O–H groups in total. The molecule has 0 fully saturated rings. The predicted octanol–water partition coefficient (Wildman–Crippen LogP) is 2.18. The molecule has 0 aliphatic heterocycles. The highest BCUT2D eigenvalue weighted by molar-refractivity contribution is 6.35. The third-order valence-corrected chi connectivity index (χ3v) is 3.15. The monoisotopic (exact) mass is 282 g/mol. The molecule has 0 saturated carbocycles. The maximum atomic E-state index is 11.8. The number of rotatable bonds is 4. The summed E-state index contributed by atoms with van der Waals surface area (Å²) in [7, 11) is 0. The molecule has 0 aromatic heterocycles. The van der Waals surface area contributed by atoms with Crippen LogP contribution in [0, 0.1) is 0 Å². The Kier molecular flexibility index (Phi) is 5.10. The van der Waals surface area contributed by atoms with E-state index in [0.29, 0.717) is 6.54 Å². The van der Waals surface area contributed by atoms with Gasteiger partial charge in [-0.3, -0.25) is 9.59 Å². The molecule has 0 bridgehead atoms. The molecule has 2 amide bonds. The fourth-order valence-electron chi connectivity index (χ4n) is 1.95. The average Bonchev–Trinajstić information content (AvgIpc) is 2.54. The molecule has 0 aliphatic carbocycles. The number of carbonyl (C=O) groups is 2. The summed E-state index contributed by atoms with van der Waals surface area (Å²) in [6.07, 6.45) is 0. The van der Waals surface area contributed by atoms with Gasteiger partial charge in [-0.2, -0.15) is 0 Å². The Bertz CT molecular complexity index is 597. The lowest BCUT2D eigenvalue weighted by molar-refractivity contribution is -0.139. The topological polar surface area (TPSA) is 58.2 Å². The first kappa shape index (κ1) is 14.8. The van der Waals surface area contributed by atoms with Gasteiger partial charge in [0.2, 0.25) is 0 Å². The van der Waals surface area contributed by atoms with E-state index in [1.165, 1.54) is 0 Å². The van der Waals surface area contributed by atoms with E-state index in [-0.39, 0.29) is 6.04 Å². The zero-order valence-corrected chi connectivity index (χ0v) is 11.9. The van der Waals surface area contributed by atoms with Crippen molar-refractivity contribution in [3.05, 3.63) is 71.8 Å². The molecule has 0 spiro atoms. The highest BCUT2D eigenvalue weighted by atomic mass is 16.2. The van der Waals surface area contributed by atoms with E-state index in [1.807, 2.05) is 67.6 Å². The molecule has 0 saturated heterocycles. The van der Waals surface area contributed by atoms with Gasteiger partial charge in [0.25, 0.3) is 0 Å². The standard InChI is InChI=1S/C17H18N2O2/c1-13(15-10-6-3-7-11-15)19-17(21)16(20)18-12-14-8-4-2-5-9-14/h2-11,13H,12H2,1H3,(H,18,20)(H,19,21)/t13-/m1/s1. The van der Waals surface area contributed by atoms with Gasteiger partial charge in [-0.25, -0.2) is 0 Å². The maximum Gasteiger partial charge on any atom is 0.309 e. The highest BCUT2D eigenvalue weighted by Gasteiger charge is 2.16. The summed E-state index contributed by atoms with van der Waals surface area (Å²) in [6.45, 7) is 2.19. The molecule has 2 aromatic carbocycles. The van der Waals surface area contributed by atoms with E-state index >= 15 is 0 Å². The van der Waals surface area contributed by atoms with Crippen LogP contribution < -0.4 is 10.6 Å². The van der Waals surface area contributed by atoms with Crippen LogP contribution in [-0.4, -0.2) is 11.8 Å². The van der Waals surface area contributed by atoms with Crippen molar-refractivity contribution < 1.29 is 9.59 Å². The zero-order chi connectivity index (χ0) is 15.1. The second kappa shape index (κ2) is 7.24. The van der Waals surface area contributed by atoms with Crippen molar-refractivity contribution in [2.45, 2.75) is 19.5 Å². The third kappa shape index (κ3) is 4.45. The third-order valence-electron chi connectivity index (χ3n) is 3.15. The number of nitrogens with one attached hydrogen (secondary N) is 2. The van der Waals surface area contributed by atoms with E-state index in [2.05, 4.69) is 10.6 Å². The minimum atomic E-state index is -0.623. The van der Waals surface area contributed by atoms with Gasteiger partial charge in [0.15, 0.2) is 0 Å². The van der Waals surface area contributed by atoms with Gasteiger partial charge >= 0.3 is 11.8 Å². The fourth-order valence-corrected chi connectivity index (χ4v) is 1.95. The highest BCUT2D eigenvalue weighted by Crippen LogP contribution is 2.10. The molecule has 21 heavy (non-hydrogen) atoms. The fraction of sp³-hybridized carbons (Fsp3) is 0.176. The second-order valence-electron chi connectivity index (χ2n) is 4.77. The van der Waals surface area contributed by atoms with Crippen LogP contribution >= 0.6 is 0 Å². The van der Waals surface area contributed by atoms with Crippen LogP contribution in [0.1, 0.15) is 24.1 Å². The summed E-state index contributed by atoms with van der Waals surface area (Å²) < 4.78 is 0. The summed E-state index contributed by atoms with van der Waals surface area (Å²) in [6, 6.07) is 18.8. The second-order valence-corrected chi connectivity index (χ2v) is 4.77. The van der Waals surface area contributed by atoms with Crippen LogP contribution in [0.25, 0.3) is 0 Å². The lowest BCUT2D eigenvalue weighted by Crippen LogP contribution is -2.40. The Balaban J connectivity index is 1.84. The summed E-state index contributed by atoms with van der Waals surface area (Å²) in [5.41, 5.74) is 1.91. The minimum absolute atomic E-state index is 0.207. The van der Waals surface area contributed by atoms with Crippen LogP contribution in [0.4, 0.5) is 0 Å². The number of carbonyl (C=O) groups excluding carboxylic acids is 2. The Morgan fingerprint density at radius 1 is 0.905 bits per heavy atom. The van der Waals surface area contributed by atoms with E-state index in [1.54, 1.807) is 0 Å². The smallest absolute Gasteiger partial charge is 0.309 e. The van der Waals surface area contributed by atoms with E-state index in [9.17, 15) is 9.59 Å². The molecule has 2 rings (SSSR count). The molecule has 0 radical (unpaired) electrons. The predicted molar refractivity (Wildman–Crippen MR) is 81.3 cm³/mol. The molecule has 0 unspecified atom stereocenters. The lowest BCUT2D eigenvalue weighted by Gasteiger charge is -2.14. The Hall–Kier alpha value is -2.62. The number of benzene rings is 2. The summed E-state index contributed by atoms with van der Waals surface area (Å²) >= 11 is 0. The van der Waals surface area contributed by atoms with Crippen molar-refractivity contribution in [2.24, 2.45) is 0 Å². The average molecular weight is 282 g/mol. The van der Waals surface area contributed by atoms with Crippen molar-refractivity contribution >= 4 is 11.8 Å². The number of hydrogen-bond donors (Lipinski definition) is 2. The van der Waals surface area contributed by atoms with Crippen molar-refractivity contribution in [3.8, 4) is 0 Å². The quantitative estimate of drug-likeness (QED) is 0.844. The summed E-state index contributed by atoms with van der Waals surface area (Å²) in [4.78, 5) is 23.6. The molecule has 4 nitrogen and oxygen atoms in total. The normalized spacial score (nSPS) is 11.5. The first-order valence-corrected chi connectivity index (χ1v) is 6.84. The molecule has 0 aliphatic rings. The van der Waals surface area contributed by atoms with Crippen LogP contribution in [0.3, 0.4) is 0 Å². The van der Waals surface area contributed by atoms with E-state index < -0.39 is 11.8 Å². The lowest BCUT2D eigenvalue weighted by atomic mass is 10.1. The van der Waals surface area contributed by atoms with Crippen molar-refractivity contribution in [3.63, 3.8) is 0 Å². The van der Waals surface area contributed by atoms with Crippen molar-refractivity contribution in [1.29, 1.82) is 0 Å². The molecule has 1 atom stereocenters. The molecule has 108 valence electrons. The van der Waals surface area contributed by atoms with Crippen molar-refractivity contribution in [1.82, 2.24) is 10.6 Å². The SMILES string of the molecule is C[C@@H](NC(=O)C(=O)NCc1ccccc1)c1ccccc1. The molecular weight excluding hydrogens is 264 g/mol. The van der Waals surface area contributed by atoms with Gasteiger partial charge in [0, 0.05) is 6.54 Å². The maximum absolute atomic E-state index is 11.8. The largest absolute Gasteiger partial charge is 0.344 e. The minimum Gasteiger partial charge on any atom is -0.344 e. The summed E-state index contributed by atoms with van der Waals surface area (Å²) in [5, 5.41) is 5.29. The van der Waals surface area contributed by atoms with Gasteiger partial charge in [0.05, 0.1) is 6.04 Å².